The quantitative estimate of drug-likeness (QED) is 0.673. The molecule has 1 aliphatic heterocycles. The molecule has 0 bridgehead atoms. The molecular weight excluding hydrogens is 260 g/mol. The van der Waals surface area contributed by atoms with Crippen molar-refractivity contribution in [3.63, 3.8) is 0 Å². The van der Waals surface area contributed by atoms with Gasteiger partial charge < -0.3 is 5.32 Å². The molecule has 0 spiro atoms. The van der Waals surface area contributed by atoms with Crippen LogP contribution in [-0.4, -0.2) is 22.0 Å². The van der Waals surface area contributed by atoms with Gasteiger partial charge in [-0.05, 0) is 44.1 Å². The molecule has 2 atom stereocenters. The van der Waals surface area contributed by atoms with E-state index in [1.165, 1.54) is 12.2 Å². The van der Waals surface area contributed by atoms with Gasteiger partial charge in [0.15, 0.2) is 0 Å². The van der Waals surface area contributed by atoms with Crippen LogP contribution >= 0.6 is 11.8 Å². The second-order valence-corrected chi connectivity index (χ2v) is 6.66. The molecule has 1 saturated heterocycles. The van der Waals surface area contributed by atoms with Crippen molar-refractivity contribution in [2.75, 3.05) is 11.1 Å². The smallest absolute Gasteiger partial charge is 0.274 e. The Balaban J connectivity index is 2.24. The molecule has 2 unspecified atom stereocenters. The normalized spacial score (nSPS) is 23.1. The van der Waals surface area contributed by atoms with Gasteiger partial charge in [0, 0.05) is 28.6 Å². The fraction of sp³-hybridized carbons (Fsp3) is 0.571. The van der Waals surface area contributed by atoms with Crippen molar-refractivity contribution in [2.45, 2.75) is 44.9 Å². The molecule has 1 heterocycles. The highest BCUT2D eigenvalue weighted by atomic mass is 32.2. The number of nitrogens with zero attached hydrogens (tertiary/aromatic N) is 1. The van der Waals surface area contributed by atoms with Crippen LogP contribution in [0.25, 0.3) is 0 Å². The van der Waals surface area contributed by atoms with Gasteiger partial charge in [-0.1, -0.05) is 6.92 Å². The van der Waals surface area contributed by atoms with Crippen LogP contribution < -0.4 is 5.32 Å². The highest BCUT2D eigenvalue weighted by molar-refractivity contribution is 8.00. The van der Waals surface area contributed by atoms with E-state index < -0.39 is 0 Å². The summed E-state index contributed by atoms with van der Waals surface area (Å²) in [5.41, 5.74) is 2.89. The van der Waals surface area contributed by atoms with Crippen LogP contribution in [-0.2, 0) is 0 Å². The topological polar surface area (TPSA) is 55.2 Å². The number of thioether (sulfide) groups is 1. The highest BCUT2D eigenvalue weighted by Gasteiger charge is 2.23. The molecule has 4 nitrogen and oxygen atoms in total. The van der Waals surface area contributed by atoms with Gasteiger partial charge in [-0.2, -0.15) is 11.8 Å². The van der Waals surface area contributed by atoms with E-state index in [1.54, 1.807) is 13.0 Å². The summed E-state index contributed by atoms with van der Waals surface area (Å²) in [6, 6.07) is 3.97. The van der Waals surface area contributed by atoms with Gasteiger partial charge in [-0.15, -0.1) is 0 Å². The molecule has 1 aliphatic rings. The number of anilines is 1. The number of hydrogen-bond acceptors (Lipinski definition) is 4. The van der Waals surface area contributed by atoms with Crippen LogP contribution in [0.3, 0.4) is 0 Å². The van der Waals surface area contributed by atoms with Crippen molar-refractivity contribution in [2.24, 2.45) is 0 Å². The molecule has 5 heteroatoms. The summed E-state index contributed by atoms with van der Waals surface area (Å²) in [6.45, 7) is 6.01. The van der Waals surface area contributed by atoms with Gasteiger partial charge in [0.05, 0.1) is 4.92 Å². The number of nitro groups is 1. The molecule has 0 radical (unpaired) electrons. The lowest BCUT2D eigenvalue weighted by atomic mass is 10.0. The molecule has 104 valence electrons. The lowest BCUT2D eigenvalue weighted by molar-refractivity contribution is -0.385. The number of hydrogen-bond donors (Lipinski definition) is 1. The molecule has 1 aromatic rings. The summed E-state index contributed by atoms with van der Waals surface area (Å²) >= 11 is 1.97. The molecule has 1 N–H and O–H groups in total. The van der Waals surface area contributed by atoms with Crippen molar-refractivity contribution in [1.82, 2.24) is 0 Å². The number of nitro benzene ring substituents is 1. The second-order valence-electron chi connectivity index (χ2n) is 5.18. The minimum Gasteiger partial charge on any atom is -0.381 e. The molecule has 0 saturated carbocycles. The third kappa shape index (κ3) is 3.21. The molecule has 2 rings (SSSR count). The van der Waals surface area contributed by atoms with E-state index in [-0.39, 0.29) is 10.6 Å². The van der Waals surface area contributed by atoms with Gasteiger partial charge in [0.1, 0.15) is 0 Å². The molecule has 19 heavy (non-hydrogen) atoms. The first kappa shape index (κ1) is 14.2. The number of benzene rings is 1. The van der Waals surface area contributed by atoms with Gasteiger partial charge in [0.25, 0.3) is 5.69 Å². The zero-order chi connectivity index (χ0) is 14.0. The fourth-order valence-corrected chi connectivity index (χ4v) is 3.65. The van der Waals surface area contributed by atoms with Crippen molar-refractivity contribution in [3.05, 3.63) is 33.4 Å². The van der Waals surface area contributed by atoms with Gasteiger partial charge in [0.2, 0.25) is 0 Å². The Morgan fingerprint density at radius 2 is 2.11 bits per heavy atom. The lowest BCUT2D eigenvalue weighted by Gasteiger charge is -2.30. The van der Waals surface area contributed by atoms with E-state index in [0.29, 0.717) is 11.3 Å². The first-order chi connectivity index (χ1) is 8.99. The number of rotatable bonds is 3. The summed E-state index contributed by atoms with van der Waals surface area (Å²) in [7, 11) is 0. The summed E-state index contributed by atoms with van der Waals surface area (Å²) in [6.07, 6.45) is 2.34. The van der Waals surface area contributed by atoms with E-state index >= 15 is 0 Å². The van der Waals surface area contributed by atoms with E-state index in [2.05, 4.69) is 12.2 Å². The Morgan fingerprint density at radius 3 is 2.74 bits per heavy atom. The zero-order valence-electron chi connectivity index (χ0n) is 11.6. The number of aryl methyl sites for hydroxylation is 2. The van der Waals surface area contributed by atoms with Crippen molar-refractivity contribution < 1.29 is 4.92 Å². The molecule has 0 aromatic heterocycles. The molecule has 1 fully saturated rings. The molecule has 0 amide bonds. The van der Waals surface area contributed by atoms with Crippen LogP contribution in [0.2, 0.25) is 0 Å². The van der Waals surface area contributed by atoms with Crippen LogP contribution in [0.15, 0.2) is 12.1 Å². The van der Waals surface area contributed by atoms with E-state index in [0.717, 1.165) is 23.2 Å². The Hall–Kier alpha value is -1.23. The summed E-state index contributed by atoms with van der Waals surface area (Å²) in [5, 5.41) is 15.1. The third-order valence-corrected chi connectivity index (χ3v) is 5.07. The Labute approximate surface area is 118 Å². The van der Waals surface area contributed by atoms with Crippen LogP contribution in [0.1, 0.15) is 30.9 Å². The van der Waals surface area contributed by atoms with Gasteiger partial charge >= 0.3 is 0 Å². The average molecular weight is 280 g/mol. The summed E-state index contributed by atoms with van der Waals surface area (Å²) in [4.78, 5) is 10.7. The fourth-order valence-electron chi connectivity index (χ4n) is 2.51. The highest BCUT2D eigenvalue weighted by Crippen LogP contribution is 2.31. The van der Waals surface area contributed by atoms with E-state index in [9.17, 15) is 10.1 Å². The van der Waals surface area contributed by atoms with E-state index in [1.807, 2.05) is 24.8 Å². The molecule has 1 aromatic carbocycles. The maximum Gasteiger partial charge on any atom is 0.274 e. The average Bonchev–Trinajstić information content (AvgIpc) is 2.34. The first-order valence-corrected chi connectivity index (χ1v) is 7.67. The third-order valence-electron chi connectivity index (χ3n) is 3.69. The van der Waals surface area contributed by atoms with Crippen LogP contribution in [0.5, 0.6) is 0 Å². The van der Waals surface area contributed by atoms with Crippen molar-refractivity contribution >= 4 is 23.1 Å². The minimum atomic E-state index is -0.307. The zero-order valence-corrected chi connectivity index (χ0v) is 12.4. The molecular formula is C14H20N2O2S. The Bertz CT molecular complexity index is 491. The predicted octanol–water partition coefficient (Wildman–Crippen LogP) is 3.91. The minimum absolute atomic E-state index is 0.198. The number of nitrogens with one attached hydrogen (secondary N) is 1. The summed E-state index contributed by atoms with van der Waals surface area (Å²) < 4.78 is 0. The maximum absolute atomic E-state index is 11.0. The van der Waals surface area contributed by atoms with Crippen molar-refractivity contribution in [1.29, 1.82) is 0 Å². The largest absolute Gasteiger partial charge is 0.381 e. The maximum atomic E-state index is 11.0. The Morgan fingerprint density at radius 1 is 1.37 bits per heavy atom. The van der Waals surface area contributed by atoms with Gasteiger partial charge in [-0.25, -0.2) is 0 Å². The standard InChI is InChI=1S/C14H20N2O2S/c1-9-7-10(2)14(16(17)18)8-13(9)15-12-5-4-6-19-11(12)3/h7-8,11-12,15H,4-6H2,1-3H3. The second kappa shape index (κ2) is 5.82. The lowest BCUT2D eigenvalue weighted by Crippen LogP contribution is -2.33. The molecule has 0 aliphatic carbocycles. The SMILES string of the molecule is Cc1cc(C)c([N+](=O)[O-])cc1NC1CCCSC1C. The monoisotopic (exact) mass is 280 g/mol. The van der Waals surface area contributed by atoms with Gasteiger partial charge in [-0.3, -0.25) is 10.1 Å². The van der Waals surface area contributed by atoms with E-state index in [4.69, 9.17) is 0 Å². The summed E-state index contributed by atoms with van der Waals surface area (Å²) in [5.74, 6) is 1.21. The Kier molecular flexibility index (Phi) is 4.34. The predicted molar refractivity (Wildman–Crippen MR) is 81.1 cm³/mol. The van der Waals surface area contributed by atoms with Crippen molar-refractivity contribution in [3.8, 4) is 0 Å². The van der Waals surface area contributed by atoms with Crippen LogP contribution in [0.4, 0.5) is 11.4 Å². The first-order valence-electron chi connectivity index (χ1n) is 6.63. The van der Waals surface area contributed by atoms with Crippen LogP contribution in [0, 0.1) is 24.0 Å².